The van der Waals surface area contributed by atoms with Gasteiger partial charge in [0.25, 0.3) is 5.91 Å². The zero-order valence-electron chi connectivity index (χ0n) is 9.51. The summed E-state index contributed by atoms with van der Waals surface area (Å²) in [5.41, 5.74) is 0.936. The lowest BCUT2D eigenvalue weighted by Crippen LogP contribution is -2.34. The third-order valence-electron chi connectivity index (χ3n) is 1.98. The standard InChI is InChI=1S/C11H10N4O2S/c1-7-5-12-10(13-6-7)15-11(18)14-9(16)8-3-2-4-17-8/h2-6H,1H3,(H2,12,13,14,15,16,18). The summed E-state index contributed by atoms with van der Waals surface area (Å²) >= 11 is 4.95. The van der Waals surface area contributed by atoms with Crippen molar-refractivity contribution in [3.63, 3.8) is 0 Å². The van der Waals surface area contributed by atoms with Crippen molar-refractivity contribution in [2.45, 2.75) is 6.92 Å². The molecule has 0 aromatic carbocycles. The van der Waals surface area contributed by atoms with Crippen LogP contribution in [0.15, 0.2) is 35.2 Å². The van der Waals surface area contributed by atoms with Crippen LogP contribution < -0.4 is 10.6 Å². The highest BCUT2D eigenvalue weighted by Gasteiger charge is 2.10. The number of rotatable bonds is 2. The minimum absolute atomic E-state index is 0.111. The van der Waals surface area contributed by atoms with Gasteiger partial charge >= 0.3 is 0 Å². The first-order valence-electron chi connectivity index (χ1n) is 5.09. The minimum Gasteiger partial charge on any atom is -0.459 e. The van der Waals surface area contributed by atoms with E-state index in [0.29, 0.717) is 5.95 Å². The van der Waals surface area contributed by atoms with Crippen LogP contribution in [0.4, 0.5) is 5.95 Å². The van der Waals surface area contributed by atoms with Crippen molar-refractivity contribution in [1.29, 1.82) is 0 Å². The number of aromatic nitrogens is 2. The van der Waals surface area contributed by atoms with Crippen LogP contribution in [0.25, 0.3) is 0 Å². The Morgan fingerprint density at radius 3 is 2.72 bits per heavy atom. The molecule has 0 fully saturated rings. The fraction of sp³-hybridized carbons (Fsp3) is 0.0909. The topological polar surface area (TPSA) is 80.0 Å². The molecule has 0 aliphatic carbocycles. The summed E-state index contributed by atoms with van der Waals surface area (Å²) in [6.45, 7) is 1.88. The number of thiocarbonyl (C=S) groups is 1. The molecule has 0 bridgehead atoms. The first-order chi connectivity index (χ1) is 8.65. The smallest absolute Gasteiger partial charge is 0.293 e. The van der Waals surface area contributed by atoms with Crippen LogP contribution in [0, 0.1) is 6.92 Å². The monoisotopic (exact) mass is 262 g/mol. The van der Waals surface area contributed by atoms with Gasteiger partial charge in [-0.05, 0) is 36.8 Å². The summed E-state index contributed by atoms with van der Waals surface area (Å²) in [5, 5.41) is 5.26. The van der Waals surface area contributed by atoms with Crippen LogP contribution in [-0.2, 0) is 0 Å². The van der Waals surface area contributed by atoms with E-state index in [1.54, 1.807) is 24.5 Å². The Kier molecular flexibility index (Phi) is 3.63. The number of carbonyl (C=O) groups is 1. The van der Waals surface area contributed by atoms with Crippen molar-refractivity contribution in [3.05, 3.63) is 42.1 Å². The van der Waals surface area contributed by atoms with Gasteiger partial charge in [-0.25, -0.2) is 9.97 Å². The van der Waals surface area contributed by atoms with E-state index in [9.17, 15) is 4.79 Å². The van der Waals surface area contributed by atoms with E-state index >= 15 is 0 Å². The van der Waals surface area contributed by atoms with E-state index in [4.69, 9.17) is 16.6 Å². The number of amides is 1. The average molecular weight is 262 g/mol. The van der Waals surface area contributed by atoms with Crippen molar-refractivity contribution in [2.24, 2.45) is 0 Å². The number of hydrogen-bond acceptors (Lipinski definition) is 5. The SMILES string of the molecule is Cc1cnc(NC(=S)NC(=O)c2ccco2)nc1. The average Bonchev–Trinajstić information content (AvgIpc) is 2.85. The van der Waals surface area contributed by atoms with Gasteiger partial charge in [0.1, 0.15) is 0 Å². The highest BCUT2D eigenvalue weighted by molar-refractivity contribution is 7.80. The quantitative estimate of drug-likeness (QED) is 0.798. The fourth-order valence-corrected chi connectivity index (χ4v) is 1.35. The van der Waals surface area contributed by atoms with E-state index in [2.05, 4.69) is 20.6 Å². The van der Waals surface area contributed by atoms with Crippen LogP contribution in [0.1, 0.15) is 16.1 Å². The van der Waals surface area contributed by atoms with E-state index in [1.165, 1.54) is 6.26 Å². The maximum Gasteiger partial charge on any atom is 0.293 e. The van der Waals surface area contributed by atoms with Crippen molar-refractivity contribution in [2.75, 3.05) is 5.32 Å². The van der Waals surface area contributed by atoms with Crippen LogP contribution >= 0.6 is 12.2 Å². The zero-order valence-corrected chi connectivity index (χ0v) is 10.3. The van der Waals surface area contributed by atoms with Gasteiger partial charge in [-0.3, -0.25) is 10.1 Å². The lowest BCUT2D eigenvalue weighted by Gasteiger charge is -2.06. The fourth-order valence-electron chi connectivity index (χ4n) is 1.16. The molecular formula is C11H10N4O2S. The van der Waals surface area contributed by atoms with Crippen molar-refractivity contribution in [1.82, 2.24) is 15.3 Å². The summed E-state index contributed by atoms with van der Waals surface area (Å²) < 4.78 is 4.93. The number of furan rings is 1. The molecule has 1 amide bonds. The van der Waals surface area contributed by atoms with Gasteiger partial charge in [-0.15, -0.1) is 0 Å². The van der Waals surface area contributed by atoms with Crippen LogP contribution in [0.5, 0.6) is 0 Å². The predicted octanol–water partition coefficient (Wildman–Crippen LogP) is 1.50. The maximum atomic E-state index is 11.6. The first-order valence-corrected chi connectivity index (χ1v) is 5.50. The number of carbonyl (C=O) groups excluding carboxylic acids is 1. The molecule has 0 aliphatic rings. The predicted molar refractivity (Wildman–Crippen MR) is 69.2 cm³/mol. The second-order valence-electron chi connectivity index (χ2n) is 3.47. The van der Waals surface area contributed by atoms with E-state index in [1.807, 2.05) is 6.92 Å². The van der Waals surface area contributed by atoms with E-state index in [-0.39, 0.29) is 10.9 Å². The molecule has 7 heteroatoms. The molecule has 0 radical (unpaired) electrons. The van der Waals surface area contributed by atoms with Gasteiger partial charge in [0, 0.05) is 12.4 Å². The molecule has 2 heterocycles. The second-order valence-corrected chi connectivity index (χ2v) is 3.88. The Morgan fingerprint density at radius 1 is 1.39 bits per heavy atom. The summed E-state index contributed by atoms with van der Waals surface area (Å²) in [6.07, 6.45) is 4.70. The molecule has 0 spiro atoms. The summed E-state index contributed by atoms with van der Waals surface area (Å²) in [4.78, 5) is 19.6. The maximum absolute atomic E-state index is 11.6. The third-order valence-corrected chi connectivity index (χ3v) is 2.18. The van der Waals surface area contributed by atoms with E-state index < -0.39 is 5.91 Å². The molecule has 2 rings (SSSR count). The Bertz CT molecular complexity index is 551. The molecule has 92 valence electrons. The highest BCUT2D eigenvalue weighted by atomic mass is 32.1. The normalized spacial score (nSPS) is 9.83. The molecular weight excluding hydrogens is 252 g/mol. The van der Waals surface area contributed by atoms with Crippen LogP contribution in [0.3, 0.4) is 0 Å². The number of nitrogens with zero attached hydrogens (tertiary/aromatic N) is 2. The summed E-state index contributed by atoms with van der Waals surface area (Å²) in [6, 6.07) is 3.16. The Balaban J connectivity index is 1.93. The number of hydrogen-bond donors (Lipinski definition) is 2. The van der Waals surface area contributed by atoms with Gasteiger partial charge in [0.05, 0.1) is 6.26 Å². The van der Waals surface area contributed by atoms with Crippen molar-refractivity contribution in [3.8, 4) is 0 Å². The number of aryl methyl sites for hydroxylation is 1. The van der Waals surface area contributed by atoms with Gasteiger partial charge in [0.15, 0.2) is 10.9 Å². The number of nitrogens with one attached hydrogen (secondary N) is 2. The molecule has 0 unspecified atom stereocenters. The molecule has 2 aromatic rings. The minimum atomic E-state index is -0.426. The van der Waals surface area contributed by atoms with Gasteiger partial charge in [0.2, 0.25) is 5.95 Å². The lowest BCUT2D eigenvalue weighted by atomic mass is 10.4. The van der Waals surface area contributed by atoms with Crippen LogP contribution in [-0.4, -0.2) is 21.0 Å². The Morgan fingerprint density at radius 2 is 2.11 bits per heavy atom. The molecule has 18 heavy (non-hydrogen) atoms. The molecule has 2 aromatic heterocycles. The van der Waals surface area contributed by atoms with Crippen molar-refractivity contribution < 1.29 is 9.21 Å². The summed E-state index contributed by atoms with van der Waals surface area (Å²) in [5.74, 6) is 0.0823. The largest absolute Gasteiger partial charge is 0.459 e. The third kappa shape index (κ3) is 3.11. The molecule has 0 aliphatic heterocycles. The van der Waals surface area contributed by atoms with Gasteiger partial charge in [-0.1, -0.05) is 0 Å². The summed E-state index contributed by atoms with van der Waals surface area (Å²) in [7, 11) is 0. The van der Waals surface area contributed by atoms with Gasteiger partial charge in [-0.2, -0.15) is 0 Å². The molecule has 0 saturated heterocycles. The zero-order chi connectivity index (χ0) is 13.0. The highest BCUT2D eigenvalue weighted by Crippen LogP contribution is 2.01. The van der Waals surface area contributed by atoms with Gasteiger partial charge < -0.3 is 9.73 Å². The lowest BCUT2D eigenvalue weighted by molar-refractivity contribution is 0.0950. The molecule has 2 N–H and O–H groups in total. The Hall–Kier alpha value is -2.28. The number of anilines is 1. The Labute approximate surface area is 108 Å². The molecule has 6 nitrogen and oxygen atoms in total. The second kappa shape index (κ2) is 5.37. The molecule has 0 saturated carbocycles. The van der Waals surface area contributed by atoms with Crippen LogP contribution in [0.2, 0.25) is 0 Å². The van der Waals surface area contributed by atoms with E-state index in [0.717, 1.165) is 5.56 Å². The molecule has 0 atom stereocenters. The van der Waals surface area contributed by atoms with Crippen molar-refractivity contribution >= 4 is 29.2 Å². The first kappa shape index (κ1) is 12.2.